The van der Waals surface area contributed by atoms with Gasteiger partial charge in [-0.3, -0.25) is 9.78 Å². The standard InChI is InChI=1S/C21H21N3O4/c1-2-27-12-13-28-20(26)16-8-10-17(11-9-16)22-21-23-18(14-19(25)24-21)15-6-4-3-5-7-15/h3-11,14H,2,12-13H2,1H3,(H2,22,23,24,25). The zero-order valence-corrected chi connectivity index (χ0v) is 15.5. The molecule has 0 spiro atoms. The molecule has 0 fully saturated rings. The predicted octanol–water partition coefficient (Wildman–Crippen LogP) is 3.37. The van der Waals surface area contributed by atoms with Crippen molar-refractivity contribution in [2.75, 3.05) is 25.1 Å². The molecule has 7 nitrogen and oxygen atoms in total. The van der Waals surface area contributed by atoms with E-state index in [1.165, 1.54) is 6.07 Å². The first-order valence-electron chi connectivity index (χ1n) is 8.94. The summed E-state index contributed by atoms with van der Waals surface area (Å²) in [4.78, 5) is 31.0. The van der Waals surface area contributed by atoms with Crippen molar-refractivity contribution in [1.29, 1.82) is 0 Å². The minimum absolute atomic E-state index is 0.212. The number of ether oxygens (including phenoxy) is 2. The van der Waals surface area contributed by atoms with Crippen molar-refractivity contribution in [3.8, 4) is 11.3 Å². The van der Waals surface area contributed by atoms with E-state index < -0.39 is 5.97 Å². The Kier molecular flexibility index (Phi) is 6.54. The van der Waals surface area contributed by atoms with Crippen LogP contribution in [0.1, 0.15) is 17.3 Å². The molecule has 0 atom stereocenters. The Morgan fingerprint density at radius 3 is 2.54 bits per heavy atom. The molecule has 0 bridgehead atoms. The molecule has 0 saturated carbocycles. The second-order valence-corrected chi connectivity index (χ2v) is 5.88. The lowest BCUT2D eigenvalue weighted by Gasteiger charge is -2.08. The molecule has 0 saturated heterocycles. The average Bonchev–Trinajstić information content (AvgIpc) is 2.72. The fraction of sp³-hybridized carbons (Fsp3) is 0.190. The van der Waals surface area contributed by atoms with E-state index in [1.807, 2.05) is 37.3 Å². The third-order valence-electron chi connectivity index (χ3n) is 3.86. The second-order valence-electron chi connectivity index (χ2n) is 5.88. The lowest BCUT2D eigenvalue weighted by molar-refractivity contribution is 0.0335. The van der Waals surface area contributed by atoms with Crippen molar-refractivity contribution in [2.45, 2.75) is 6.92 Å². The number of anilines is 2. The van der Waals surface area contributed by atoms with E-state index >= 15 is 0 Å². The van der Waals surface area contributed by atoms with Crippen LogP contribution in [0.4, 0.5) is 11.6 Å². The quantitative estimate of drug-likeness (QED) is 0.460. The van der Waals surface area contributed by atoms with E-state index in [9.17, 15) is 9.59 Å². The highest BCUT2D eigenvalue weighted by atomic mass is 16.6. The van der Waals surface area contributed by atoms with Crippen LogP contribution in [-0.2, 0) is 9.47 Å². The van der Waals surface area contributed by atoms with Crippen LogP contribution in [0.3, 0.4) is 0 Å². The Labute approximate surface area is 162 Å². The highest BCUT2D eigenvalue weighted by Gasteiger charge is 2.08. The van der Waals surface area contributed by atoms with Gasteiger partial charge in [0.25, 0.3) is 5.56 Å². The number of H-pyrrole nitrogens is 1. The Morgan fingerprint density at radius 1 is 1.07 bits per heavy atom. The van der Waals surface area contributed by atoms with Crippen LogP contribution >= 0.6 is 0 Å². The van der Waals surface area contributed by atoms with Crippen LogP contribution in [0, 0.1) is 0 Å². The largest absolute Gasteiger partial charge is 0.460 e. The van der Waals surface area contributed by atoms with Gasteiger partial charge in [-0.1, -0.05) is 30.3 Å². The summed E-state index contributed by atoms with van der Waals surface area (Å²) in [5.41, 5.74) is 2.27. The first-order valence-corrected chi connectivity index (χ1v) is 8.94. The van der Waals surface area contributed by atoms with Gasteiger partial charge < -0.3 is 14.8 Å². The zero-order valence-electron chi connectivity index (χ0n) is 15.5. The lowest BCUT2D eigenvalue weighted by atomic mass is 10.1. The van der Waals surface area contributed by atoms with Crippen molar-refractivity contribution < 1.29 is 14.3 Å². The summed E-state index contributed by atoms with van der Waals surface area (Å²) in [5, 5.41) is 3.04. The third-order valence-corrected chi connectivity index (χ3v) is 3.86. The molecule has 144 valence electrons. The Balaban J connectivity index is 1.68. The molecule has 2 aromatic carbocycles. The summed E-state index contributed by atoms with van der Waals surface area (Å²) in [7, 11) is 0. The van der Waals surface area contributed by atoms with Crippen LogP contribution in [0.2, 0.25) is 0 Å². The number of nitrogens with one attached hydrogen (secondary N) is 2. The normalized spacial score (nSPS) is 10.5. The van der Waals surface area contributed by atoms with E-state index in [1.54, 1.807) is 24.3 Å². The summed E-state index contributed by atoms with van der Waals surface area (Å²) in [6, 6.07) is 17.6. The maximum Gasteiger partial charge on any atom is 0.338 e. The Bertz CT molecular complexity index is 969. The predicted molar refractivity (Wildman–Crippen MR) is 107 cm³/mol. The van der Waals surface area contributed by atoms with Crippen molar-refractivity contribution in [2.24, 2.45) is 0 Å². The highest BCUT2D eigenvalue weighted by Crippen LogP contribution is 2.18. The maximum absolute atomic E-state index is 12.0. The average molecular weight is 379 g/mol. The van der Waals surface area contributed by atoms with Crippen molar-refractivity contribution in [3.63, 3.8) is 0 Å². The molecule has 3 rings (SSSR count). The Hall–Kier alpha value is -3.45. The van der Waals surface area contributed by atoms with Gasteiger partial charge in [0.15, 0.2) is 0 Å². The fourth-order valence-electron chi connectivity index (χ4n) is 2.52. The number of hydrogen-bond donors (Lipinski definition) is 2. The van der Waals surface area contributed by atoms with Gasteiger partial charge in [0, 0.05) is 23.9 Å². The van der Waals surface area contributed by atoms with Crippen LogP contribution < -0.4 is 10.9 Å². The maximum atomic E-state index is 12.0. The molecule has 0 aliphatic carbocycles. The summed E-state index contributed by atoms with van der Waals surface area (Å²) in [6.45, 7) is 3.05. The number of esters is 1. The van der Waals surface area contributed by atoms with Gasteiger partial charge in [0.1, 0.15) is 6.61 Å². The molecule has 3 aromatic rings. The van der Waals surface area contributed by atoms with Crippen LogP contribution in [0.25, 0.3) is 11.3 Å². The molecule has 7 heteroatoms. The van der Waals surface area contributed by atoms with E-state index in [0.29, 0.717) is 36.1 Å². The minimum Gasteiger partial charge on any atom is -0.460 e. The smallest absolute Gasteiger partial charge is 0.338 e. The van der Waals surface area contributed by atoms with E-state index in [-0.39, 0.29) is 12.2 Å². The molecular formula is C21H21N3O4. The molecule has 0 radical (unpaired) electrons. The molecule has 28 heavy (non-hydrogen) atoms. The number of rotatable bonds is 8. The first-order chi connectivity index (χ1) is 13.7. The fourth-order valence-corrected chi connectivity index (χ4v) is 2.52. The highest BCUT2D eigenvalue weighted by molar-refractivity contribution is 5.89. The van der Waals surface area contributed by atoms with Gasteiger partial charge in [-0.05, 0) is 31.2 Å². The number of carbonyl (C=O) groups excluding carboxylic acids is 1. The lowest BCUT2D eigenvalue weighted by Crippen LogP contribution is -2.11. The van der Waals surface area contributed by atoms with Crippen LogP contribution in [-0.4, -0.2) is 35.8 Å². The van der Waals surface area contributed by atoms with Gasteiger partial charge >= 0.3 is 5.97 Å². The summed E-state index contributed by atoms with van der Waals surface area (Å²) >= 11 is 0. The summed E-state index contributed by atoms with van der Waals surface area (Å²) < 4.78 is 10.3. The summed E-state index contributed by atoms with van der Waals surface area (Å²) in [6.07, 6.45) is 0. The molecule has 1 aromatic heterocycles. The van der Waals surface area contributed by atoms with E-state index in [2.05, 4.69) is 15.3 Å². The molecule has 0 unspecified atom stereocenters. The molecule has 2 N–H and O–H groups in total. The SMILES string of the molecule is CCOCCOC(=O)c1ccc(Nc2nc(-c3ccccc3)cc(=O)[nH]2)cc1. The minimum atomic E-state index is -0.413. The second kappa shape index (κ2) is 9.48. The third kappa shape index (κ3) is 5.28. The number of aromatic amines is 1. The molecule has 0 amide bonds. The monoisotopic (exact) mass is 379 g/mol. The van der Waals surface area contributed by atoms with E-state index in [0.717, 1.165) is 5.56 Å². The van der Waals surface area contributed by atoms with Crippen LogP contribution in [0.15, 0.2) is 65.5 Å². The van der Waals surface area contributed by atoms with Gasteiger partial charge in [-0.25, -0.2) is 9.78 Å². The van der Waals surface area contributed by atoms with Crippen LogP contribution in [0.5, 0.6) is 0 Å². The van der Waals surface area contributed by atoms with Gasteiger partial charge in [-0.2, -0.15) is 0 Å². The first kappa shape index (κ1) is 19.3. The molecular weight excluding hydrogens is 358 g/mol. The number of aromatic nitrogens is 2. The Morgan fingerprint density at radius 2 is 1.82 bits per heavy atom. The molecule has 0 aliphatic rings. The topological polar surface area (TPSA) is 93.3 Å². The summed E-state index contributed by atoms with van der Waals surface area (Å²) in [5.74, 6) is -0.0951. The van der Waals surface area contributed by atoms with Crippen molar-refractivity contribution >= 4 is 17.6 Å². The number of nitrogens with zero attached hydrogens (tertiary/aromatic N) is 1. The molecule has 0 aliphatic heterocycles. The van der Waals surface area contributed by atoms with Crippen molar-refractivity contribution in [1.82, 2.24) is 9.97 Å². The number of carbonyl (C=O) groups is 1. The van der Waals surface area contributed by atoms with Gasteiger partial charge in [0.2, 0.25) is 5.95 Å². The zero-order chi connectivity index (χ0) is 19.8. The number of hydrogen-bond acceptors (Lipinski definition) is 6. The van der Waals surface area contributed by atoms with Gasteiger partial charge in [0.05, 0.1) is 17.9 Å². The van der Waals surface area contributed by atoms with E-state index in [4.69, 9.17) is 9.47 Å². The molecule has 1 heterocycles. The van der Waals surface area contributed by atoms with Gasteiger partial charge in [-0.15, -0.1) is 0 Å². The van der Waals surface area contributed by atoms with Crippen molar-refractivity contribution in [3.05, 3.63) is 76.6 Å². The number of benzene rings is 2.